The number of benzene rings is 1. The summed E-state index contributed by atoms with van der Waals surface area (Å²) < 4.78 is 5.68. The summed E-state index contributed by atoms with van der Waals surface area (Å²) >= 11 is 7.27. The topological polar surface area (TPSA) is 62.7 Å². The van der Waals surface area contributed by atoms with Crippen LogP contribution in [0.25, 0.3) is 0 Å². The number of ether oxygens (including phenoxy) is 1. The Morgan fingerprint density at radius 1 is 1.11 bits per heavy atom. The molecule has 0 spiro atoms. The van der Waals surface area contributed by atoms with Gasteiger partial charge in [0.15, 0.2) is 0 Å². The number of nitrogens with zero attached hydrogens (tertiary/aromatic N) is 3. The van der Waals surface area contributed by atoms with Crippen LogP contribution in [0.4, 0.5) is 0 Å². The Labute approximate surface area is 173 Å². The maximum Gasteiger partial charge on any atom is 0.273 e. The Morgan fingerprint density at radius 3 is 2.43 bits per heavy atom. The number of hydrogen-bond acceptors (Lipinski definition) is 5. The predicted octanol–water partition coefficient (Wildman–Crippen LogP) is 3.46. The molecule has 8 heteroatoms. The highest BCUT2D eigenvalue weighted by molar-refractivity contribution is 7.09. The van der Waals surface area contributed by atoms with E-state index in [-0.39, 0.29) is 17.7 Å². The highest BCUT2D eigenvalue weighted by atomic mass is 35.5. The van der Waals surface area contributed by atoms with Gasteiger partial charge in [0.2, 0.25) is 5.91 Å². The zero-order valence-corrected chi connectivity index (χ0v) is 17.0. The van der Waals surface area contributed by atoms with Gasteiger partial charge >= 0.3 is 0 Å². The molecule has 0 N–H and O–H groups in total. The molecule has 0 atom stereocenters. The van der Waals surface area contributed by atoms with Crippen LogP contribution in [-0.2, 0) is 11.4 Å². The maximum atomic E-state index is 12.7. The van der Waals surface area contributed by atoms with Gasteiger partial charge in [-0.1, -0.05) is 18.0 Å². The van der Waals surface area contributed by atoms with Crippen LogP contribution in [0.15, 0.2) is 29.6 Å². The van der Waals surface area contributed by atoms with Gasteiger partial charge in [-0.15, -0.1) is 11.3 Å². The molecular weight excluding hydrogens is 398 g/mol. The van der Waals surface area contributed by atoms with E-state index in [1.807, 2.05) is 4.90 Å². The minimum Gasteiger partial charge on any atom is -0.486 e. The van der Waals surface area contributed by atoms with Crippen molar-refractivity contribution < 1.29 is 14.3 Å². The first kappa shape index (κ1) is 19.2. The molecule has 2 amide bonds. The summed E-state index contributed by atoms with van der Waals surface area (Å²) in [7, 11) is 0. The van der Waals surface area contributed by atoms with E-state index in [1.54, 1.807) is 34.5 Å². The van der Waals surface area contributed by atoms with Crippen molar-refractivity contribution in [1.29, 1.82) is 0 Å². The Bertz CT molecular complexity index is 843. The van der Waals surface area contributed by atoms with Crippen molar-refractivity contribution in [2.24, 2.45) is 5.92 Å². The molecule has 1 aromatic heterocycles. The first-order valence-electron chi connectivity index (χ1n) is 9.51. The molecule has 2 aliphatic rings. The molecule has 1 saturated carbocycles. The number of rotatable bonds is 5. The highest BCUT2D eigenvalue weighted by Gasteiger charge is 2.32. The monoisotopic (exact) mass is 419 g/mol. The van der Waals surface area contributed by atoms with Crippen molar-refractivity contribution in [3.8, 4) is 5.75 Å². The Kier molecular flexibility index (Phi) is 5.82. The van der Waals surface area contributed by atoms with Crippen LogP contribution in [0.5, 0.6) is 5.75 Å². The smallest absolute Gasteiger partial charge is 0.273 e. The first-order chi connectivity index (χ1) is 13.6. The summed E-state index contributed by atoms with van der Waals surface area (Å²) in [6, 6.07) is 7.13. The molecule has 2 heterocycles. The van der Waals surface area contributed by atoms with Gasteiger partial charge in [-0.2, -0.15) is 0 Å². The van der Waals surface area contributed by atoms with Crippen molar-refractivity contribution in [2.45, 2.75) is 25.9 Å². The van der Waals surface area contributed by atoms with Crippen LogP contribution in [-0.4, -0.2) is 52.8 Å². The fourth-order valence-corrected chi connectivity index (χ4v) is 4.16. The van der Waals surface area contributed by atoms with Crippen LogP contribution >= 0.6 is 22.9 Å². The van der Waals surface area contributed by atoms with E-state index in [9.17, 15) is 9.59 Å². The first-order valence-corrected chi connectivity index (χ1v) is 10.8. The third-order valence-electron chi connectivity index (χ3n) is 5.28. The molecule has 0 radical (unpaired) electrons. The SMILES string of the molecule is O=C(c1csc(COc2ccc(Cl)cc2)n1)N1CCN(C(=O)C2CCC2)CC1. The van der Waals surface area contributed by atoms with Crippen LogP contribution in [0, 0.1) is 5.92 Å². The molecule has 4 rings (SSSR count). The van der Waals surface area contributed by atoms with Gasteiger partial charge in [-0.3, -0.25) is 9.59 Å². The van der Waals surface area contributed by atoms with Gasteiger partial charge in [-0.25, -0.2) is 4.98 Å². The second kappa shape index (κ2) is 8.49. The van der Waals surface area contributed by atoms with Gasteiger partial charge in [-0.05, 0) is 37.1 Å². The van der Waals surface area contributed by atoms with Crippen molar-refractivity contribution >= 4 is 34.8 Å². The molecule has 1 aliphatic heterocycles. The average Bonchev–Trinajstić information content (AvgIpc) is 3.15. The quantitative estimate of drug-likeness (QED) is 0.744. The van der Waals surface area contributed by atoms with E-state index in [1.165, 1.54) is 11.3 Å². The zero-order valence-electron chi connectivity index (χ0n) is 15.5. The standard InChI is InChI=1S/C20H22ClN3O3S/c21-15-4-6-16(7-5-15)27-12-18-22-17(13-28-18)20(26)24-10-8-23(9-11-24)19(25)14-2-1-3-14/h4-7,13-14H,1-3,8-12H2. The van der Waals surface area contributed by atoms with Gasteiger partial charge in [0.1, 0.15) is 23.1 Å². The second-order valence-electron chi connectivity index (χ2n) is 7.11. The lowest BCUT2D eigenvalue weighted by Crippen LogP contribution is -2.52. The summed E-state index contributed by atoms with van der Waals surface area (Å²) in [6.07, 6.45) is 3.18. The lowest BCUT2D eigenvalue weighted by Gasteiger charge is -2.38. The predicted molar refractivity (Wildman–Crippen MR) is 108 cm³/mol. The molecular formula is C20H22ClN3O3S. The van der Waals surface area contributed by atoms with Crippen molar-refractivity contribution in [1.82, 2.24) is 14.8 Å². The third kappa shape index (κ3) is 4.31. The summed E-state index contributed by atoms with van der Waals surface area (Å²) in [5.41, 5.74) is 0.443. The van der Waals surface area contributed by atoms with Crippen LogP contribution in [0.1, 0.15) is 34.8 Å². The Morgan fingerprint density at radius 2 is 1.79 bits per heavy atom. The number of hydrogen-bond donors (Lipinski definition) is 0. The summed E-state index contributed by atoms with van der Waals surface area (Å²) in [5, 5.41) is 3.18. The number of carbonyl (C=O) groups excluding carboxylic acids is 2. The van der Waals surface area contributed by atoms with Gasteiger partial charge < -0.3 is 14.5 Å². The molecule has 1 aliphatic carbocycles. The highest BCUT2D eigenvalue weighted by Crippen LogP contribution is 2.28. The number of thiazole rings is 1. The molecule has 1 saturated heterocycles. The van der Waals surface area contributed by atoms with Crippen molar-refractivity contribution in [3.05, 3.63) is 45.4 Å². The number of amides is 2. The number of carbonyl (C=O) groups is 2. The fourth-order valence-electron chi connectivity index (χ4n) is 3.36. The lowest BCUT2D eigenvalue weighted by molar-refractivity contribution is -0.139. The minimum absolute atomic E-state index is 0.0789. The van der Waals surface area contributed by atoms with E-state index < -0.39 is 0 Å². The largest absolute Gasteiger partial charge is 0.486 e. The molecule has 1 aromatic carbocycles. The van der Waals surface area contributed by atoms with Gasteiger partial charge in [0.25, 0.3) is 5.91 Å². The summed E-state index contributed by atoms with van der Waals surface area (Å²) in [5.74, 6) is 1.10. The lowest BCUT2D eigenvalue weighted by atomic mass is 9.84. The maximum absolute atomic E-state index is 12.7. The van der Waals surface area contributed by atoms with Crippen LogP contribution < -0.4 is 4.74 Å². The normalized spacial score (nSPS) is 17.3. The molecule has 28 heavy (non-hydrogen) atoms. The molecule has 0 unspecified atom stereocenters. The number of halogens is 1. The summed E-state index contributed by atoms with van der Waals surface area (Å²) in [4.78, 5) is 33.1. The van der Waals surface area contributed by atoms with E-state index in [0.717, 1.165) is 24.3 Å². The Balaban J connectivity index is 1.28. The summed E-state index contributed by atoms with van der Waals surface area (Å²) in [6.45, 7) is 2.65. The van der Waals surface area contributed by atoms with Crippen LogP contribution in [0.2, 0.25) is 5.02 Å². The fraction of sp³-hybridized carbons (Fsp3) is 0.450. The van der Waals surface area contributed by atoms with E-state index in [2.05, 4.69) is 4.98 Å². The molecule has 2 aromatic rings. The Hall–Kier alpha value is -2.12. The average molecular weight is 420 g/mol. The van der Waals surface area contributed by atoms with Crippen molar-refractivity contribution in [3.63, 3.8) is 0 Å². The van der Waals surface area contributed by atoms with Crippen molar-refractivity contribution in [2.75, 3.05) is 26.2 Å². The molecule has 2 fully saturated rings. The zero-order chi connectivity index (χ0) is 19.5. The molecule has 6 nitrogen and oxygen atoms in total. The minimum atomic E-state index is -0.0789. The van der Waals surface area contributed by atoms with E-state index >= 15 is 0 Å². The van der Waals surface area contributed by atoms with E-state index in [0.29, 0.717) is 49.3 Å². The molecule has 0 bridgehead atoms. The van der Waals surface area contributed by atoms with Gasteiger partial charge in [0.05, 0.1) is 0 Å². The number of piperazine rings is 1. The number of aromatic nitrogens is 1. The second-order valence-corrected chi connectivity index (χ2v) is 8.49. The molecule has 148 valence electrons. The van der Waals surface area contributed by atoms with Crippen LogP contribution in [0.3, 0.4) is 0 Å². The van der Waals surface area contributed by atoms with Gasteiger partial charge in [0, 0.05) is 42.5 Å². The van der Waals surface area contributed by atoms with E-state index in [4.69, 9.17) is 16.3 Å². The third-order valence-corrected chi connectivity index (χ3v) is 6.35.